The number of aromatic nitrogens is 4. The van der Waals surface area contributed by atoms with Crippen LogP contribution in [0.25, 0.3) is 5.95 Å². The molecule has 0 radical (unpaired) electrons. The number of hydrogen-bond donors (Lipinski definition) is 2. The van der Waals surface area contributed by atoms with E-state index in [0.717, 1.165) is 18.5 Å². The molecule has 3 aromatic rings. The standard InChI is InChI=1S/C18H15Cl2N5O2/c1-9-6-16(26)23-18(21-9)25-15(8-14(24-25)10-2-3-10)22-17(27)12-7-11(19)4-5-13(12)20/h4-8,10H,2-3H2,1H3,(H,22,27)(H,21,23,26). The zero-order valence-corrected chi connectivity index (χ0v) is 15.8. The van der Waals surface area contributed by atoms with E-state index in [1.807, 2.05) is 0 Å². The minimum absolute atomic E-state index is 0.236. The molecule has 1 fully saturated rings. The number of H-pyrrole nitrogens is 1. The Morgan fingerprint density at radius 1 is 1.26 bits per heavy atom. The average molecular weight is 404 g/mol. The molecule has 1 aromatic carbocycles. The van der Waals surface area contributed by atoms with Crippen molar-refractivity contribution in [3.8, 4) is 5.95 Å². The first-order valence-corrected chi connectivity index (χ1v) is 9.11. The second-order valence-corrected chi connectivity index (χ2v) is 7.27. The van der Waals surface area contributed by atoms with Crippen molar-refractivity contribution in [2.75, 3.05) is 5.32 Å². The van der Waals surface area contributed by atoms with E-state index < -0.39 is 5.91 Å². The van der Waals surface area contributed by atoms with E-state index in [4.69, 9.17) is 23.2 Å². The van der Waals surface area contributed by atoms with Crippen molar-refractivity contribution < 1.29 is 4.79 Å². The molecule has 1 saturated carbocycles. The van der Waals surface area contributed by atoms with Crippen LogP contribution in [0.5, 0.6) is 0 Å². The molecule has 0 unspecified atom stereocenters. The van der Waals surface area contributed by atoms with Gasteiger partial charge in [-0.05, 0) is 38.0 Å². The molecule has 138 valence electrons. The summed E-state index contributed by atoms with van der Waals surface area (Å²) in [5, 5.41) is 8.00. The molecule has 0 aliphatic heterocycles. The fourth-order valence-electron chi connectivity index (χ4n) is 2.75. The van der Waals surface area contributed by atoms with Gasteiger partial charge in [0, 0.05) is 28.8 Å². The van der Waals surface area contributed by atoms with Crippen LogP contribution in [0.3, 0.4) is 0 Å². The molecule has 0 spiro atoms. The monoisotopic (exact) mass is 403 g/mol. The fourth-order valence-corrected chi connectivity index (χ4v) is 3.12. The minimum Gasteiger partial charge on any atom is -0.306 e. The van der Waals surface area contributed by atoms with Crippen molar-refractivity contribution in [1.82, 2.24) is 19.7 Å². The van der Waals surface area contributed by atoms with Crippen molar-refractivity contribution in [2.24, 2.45) is 0 Å². The van der Waals surface area contributed by atoms with Gasteiger partial charge in [-0.2, -0.15) is 9.78 Å². The highest BCUT2D eigenvalue weighted by Gasteiger charge is 2.28. The van der Waals surface area contributed by atoms with Crippen molar-refractivity contribution >= 4 is 34.9 Å². The molecule has 1 amide bonds. The first-order valence-electron chi connectivity index (χ1n) is 8.35. The van der Waals surface area contributed by atoms with E-state index in [0.29, 0.717) is 22.5 Å². The number of nitrogens with one attached hydrogen (secondary N) is 2. The minimum atomic E-state index is -0.430. The Kier molecular flexibility index (Phi) is 4.49. The van der Waals surface area contributed by atoms with Gasteiger partial charge >= 0.3 is 0 Å². The normalized spacial score (nSPS) is 13.6. The van der Waals surface area contributed by atoms with Gasteiger partial charge in [0.1, 0.15) is 5.82 Å². The highest BCUT2D eigenvalue weighted by Crippen LogP contribution is 2.40. The Morgan fingerprint density at radius 2 is 2.04 bits per heavy atom. The van der Waals surface area contributed by atoms with Crippen molar-refractivity contribution in [1.29, 1.82) is 0 Å². The molecule has 4 rings (SSSR count). The Balaban J connectivity index is 1.74. The molecule has 1 aliphatic rings. The van der Waals surface area contributed by atoms with Crippen LogP contribution in [0.1, 0.15) is 40.5 Å². The maximum Gasteiger partial charge on any atom is 0.258 e. The topological polar surface area (TPSA) is 92.7 Å². The number of nitrogens with zero attached hydrogens (tertiary/aromatic N) is 3. The van der Waals surface area contributed by atoms with Crippen LogP contribution in [0.2, 0.25) is 10.0 Å². The lowest BCUT2D eigenvalue weighted by Gasteiger charge is -2.09. The molecule has 9 heteroatoms. The zero-order chi connectivity index (χ0) is 19.1. The number of aromatic amines is 1. The summed E-state index contributed by atoms with van der Waals surface area (Å²) < 4.78 is 1.43. The van der Waals surface area contributed by atoms with E-state index in [1.165, 1.54) is 16.8 Å². The van der Waals surface area contributed by atoms with Crippen LogP contribution in [0.4, 0.5) is 5.82 Å². The molecule has 2 heterocycles. The molecule has 1 aliphatic carbocycles. The summed E-state index contributed by atoms with van der Waals surface area (Å²) >= 11 is 12.1. The van der Waals surface area contributed by atoms with Gasteiger partial charge in [0.2, 0.25) is 5.95 Å². The van der Waals surface area contributed by atoms with Gasteiger partial charge in [0.05, 0.1) is 16.3 Å². The van der Waals surface area contributed by atoms with Gasteiger partial charge < -0.3 is 5.32 Å². The van der Waals surface area contributed by atoms with Crippen molar-refractivity contribution in [3.05, 3.63) is 67.7 Å². The summed E-state index contributed by atoms with van der Waals surface area (Å²) in [4.78, 5) is 31.5. The maximum absolute atomic E-state index is 12.7. The van der Waals surface area contributed by atoms with Crippen molar-refractivity contribution in [2.45, 2.75) is 25.7 Å². The predicted octanol–water partition coefficient (Wildman–Crippen LogP) is 3.70. The molecule has 7 nitrogen and oxygen atoms in total. The van der Waals surface area contributed by atoms with E-state index in [9.17, 15) is 9.59 Å². The number of carbonyl (C=O) groups excluding carboxylic acids is 1. The molecular formula is C18H15Cl2N5O2. The van der Waals surface area contributed by atoms with E-state index in [2.05, 4.69) is 20.4 Å². The number of anilines is 1. The lowest BCUT2D eigenvalue weighted by atomic mass is 10.2. The van der Waals surface area contributed by atoms with Crippen molar-refractivity contribution in [3.63, 3.8) is 0 Å². The van der Waals surface area contributed by atoms with Crippen LogP contribution in [-0.4, -0.2) is 25.7 Å². The highest BCUT2D eigenvalue weighted by molar-refractivity contribution is 6.36. The highest BCUT2D eigenvalue weighted by atomic mass is 35.5. The van der Waals surface area contributed by atoms with Gasteiger partial charge in [-0.15, -0.1) is 0 Å². The van der Waals surface area contributed by atoms with Gasteiger partial charge in [0.25, 0.3) is 11.5 Å². The van der Waals surface area contributed by atoms with E-state index in [-0.39, 0.29) is 22.1 Å². The Labute approximate surface area is 164 Å². The average Bonchev–Trinajstić information content (AvgIpc) is 3.37. The molecular weight excluding hydrogens is 389 g/mol. The smallest absolute Gasteiger partial charge is 0.258 e. The number of amides is 1. The third-order valence-electron chi connectivity index (χ3n) is 4.20. The van der Waals surface area contributed by atoms with Crippen LogP contribution in [0.15, 0.2) is 35.1 Å². The fraction of sp³-hybridized carbons (Fsp3) is 0.222. The summed E-state index contributed by atoms with van der Waals surface area (Å²) in [5.74, 6) is 0.556. The summed E-state index contributed by atoms with van der Waals surface area (Å²) in [6.07, 6.45) is 2.09. The number of hydrogen-bond acceptors (Lipinski definition) is 4. The first-order chi connectivity index (χ1) is 12.9. The molecule has 0 bridgehead atoms. The van der Waals surface area contributed by atoms with Crippen LogP contribution in [0, 0.1) is 6.92 Å². The second-order valence-electron chi connectivity index (χ2n) is 6.43. The number of benzene rings is 1. The predicted molar refractivity (Wildman–Crippen MR) is 103 cm³/mol. The number of aryl methyl sites for hydroxylation is 1. The molecule has 0 atom stereocenters. The third-order valence-corrected chi connectivity index (χ3v) is 4.76. The lowest BCUT2D eigenvalue weighted by Crippen LogP contribution is -2.19. The van der Waals surface area contributed by atoms with E-state index in [1.54, 1.807) is 25.1 Å². The Hall–Kier alpha value is -2.64. The summed E-state index contributed by atoms with van der Waals surface area (Å²) in [6.45, 7) is 1.72. The van der Waals surface area contributed by atoms with Crippen LogP contribution >= 0.6 is 23.2 Å². The summed E-state index contributed by atoms with van der Waals surface area (Å²) in [7, 11) is 0. The SMILES string of the molecule is Cc1cc(=O)[nH]c(-n2nc(C3CC3)cc2NC(=O)c2cc(Cl)ccc2Cl)n1. The molecule has 27 heavy (non-hydrogen) atoms. The largest absolute Gasteiger partial charge is 0.306 e. The third kappa shape index (κ3) is 3.74. The number of rotatable bonds is 4. The zero-order valence-electron chi connectivity index (χ0n) is 14.3. The Bertz CT molecular complexity index is 1100. The van der Waals surface area contributed by atoms with Gasteiger partial charge in [-0.3, -0.25) is 14.6 Å². The van der Waals surface area contributed by atoms with Gasteiger partial charge in [-0.1, -0.05) is 23.2 Å². The molecule has 2 N–H and O–H groups in total. The quantitative estimate of drug-likeness (QED) is 0.694. The maximum atomic E-state index is 12.7. The number of halogens is 2. The van der Waals surface area contributed by atoms with Crippen LogP contribution < -0.4 is 10.9 Å². The summed E-state index contributed by atoms with van der Waals surface area (Å²) in [5.41, 5.74) is 1.34. The van der Waals surface area contributed by atoms with Gasteiger partial charge in [0.15, 0.2) is 0 Å². The number of carbonyl (C=O) groups is 1. The molecule has 2 aromatic heterocycles. The van der Waals surface area contributed by atoms with Gasteiger partial charge in [-0.25, -0.2) is 4.98 Å². The van der Waals surface area contributed by atoms with Crippen LogP contribution in [-0.2, 0) is 0 Å². The Morgan fingerprint density at radius 3 is 2.74 bits per heavy atom. The first kappa shape index (κ1) is 17.8. The lowest BCUT2D eigenvalue weighted by molar-refractivity contribution is 0.102. The van der Waals surface area contributed by atoms with E-state index >= 15 is 0 Å². The second kappa shape index (κ2) is 6.83. The summed E-state index contributed by atoms with van der Waals surface area (Å²) in [6, 6.07) is 7.84. The molecule has 0 saturated heterocycles.